The van der Waals surface area contributed by atoms with Gasteiger partial charge in [-0.25, -0.2) is 0 Å². The molecule has 134 valence electrons. The highest BCUT2D eigenvalue weighted by Crippen LogP contribution is 2.36. The van der Waals surface area contributed by atoms with Crippen LogP contribution in [0.1, 0.15) is 6.42 Å². The van der Waals surface area contributed by atoms with E-state index in [-0.39, 0.29) is 0 Å². The third-order valence-electron chi connectivity index (χ3n) is 3.78. The number of benzene rings is 1. The average Bonchev–Trinajstić information content (AvgIpc) is 3.06. The fourth-order valence-corrected chi connectivity index (χ4v) is 2.71. The first-order chi connectivity index (χ1) is 12.6. The summed E-state index contributed by atoms with van der Waals surface area (Å²) in [5.74, 6) is 0.689. The second-order valence-corrected chi connectivity index (χ2v) is 6.00. The molecule has 0 aliphatic rings. The number of halogens is 1. The Bertz CT molecular complexity index is 865. The van der Waals surface area contributed by atoms with E-state index in [4.69, 9.17) is 11.6 Å². The average molecular weight is 371 g/mol. The normalized spacial score (nSPS) is 10.5. The van der Waals surface area contributed by atoms with Gasteiger partial charge in [0, 0.05) is 36.1 Å². The first-order valence-corrected chi connectivity index (χ1v) is 8.46. The van der Waals surface area contributed by atoms with Gasteiger partial charge in [0.1, 0.15) is 6.09 Å². The lowest BCUT2D eigenvalue weighted by molar-refractivity contribution is -0.250. The van der Waals surface area contributed by atoms with Gasteiger partial charge in [0.25, 0.3) is 0 Å². The number of hydrogen-bond acceptors (Lipinski definition) is 5. The molecule has 0 bridgehead atoms. The van der Waals surface area contributed by atoms with Crippen LogP contribution in [0.5, 0.6) is 0 Å². The van der Waals surface area contributed by atoms with Crippen molar-refractivity contribution in [1.29, 1.82) is 0 Å². The van der Waals surface area contributed by atoms with E-state index in [9.17, 15) is 9.90 Å². The minimum atomic E-state index is -1.27. The molecule has 3 rings (SSSR count). The fraction of sp³-hybridized carbons (Fsp3) is 0.167. The van der Waals surface area contributed by atoms with Crippen molar-refractivity contribution in [3.63, 3.8) is 0 Å². The number of nitrogens with zero attached hydrogens (tertiary/aromatic N) is 2. The number of H-pyrrole nitrogens is 1. The lowest BCUT2D eigenvalue weighted by Gasteiger charge is -2.09. The van der Waals surface area contributed by atoms with Gasteiger partial charge in [-0.2, -0.15) is 5.10 Å². The Hall–Kier alpha value is -3.06. The molecule has 0 saturated heterocycles. The van der Waals surface area contributed by atoms with Crippen molar-refractivity contribution in [2.45, 2.75) is 6.42 Å². The summed E-state index contributed by atoms with van der Waals surface area (Å²) < 4.78 is 0. The molecule has 0 spiro atoms. The van der Waals surface area contributed by atoms with Gasteiger partial charge in [0.05, 0.1) is 11.3 Å². The van der Waals surface area contributed by atoms with Crippen LogP contribution in [0, 0.1) is 0 Å². The van der Waals surface area contributed by atoms with Crippen LogP contribution in [0.3, 0.4) is 0 Å². The van der Waals surface area contributed by atoms with E-state index in [0.29, 0.717) is 30.4 Å². The highest BCUT2D eigenvalue weighted by molar-refractivity contribution is 6.30. The standard InChI is InChI=1S/C18H18ClN5O2/c19-14-4-2-13(3-5-14)16-15(12-6-10-20-11-7-12)17(24-23-16)21-8-1-9-22-18(25)26/h2-7,10-11,22H,1,8-9H2,(H,25,26)(H2,21,23,24)/p-1. The van der Waals surface area contributed by atoms with Crippen LogP contribution in [-0.4, -0.2) is 34.4 Å². The molecule has 3 aromatic rings. The lowest BCUT2D eigenvalue weighted by atomic mass is 10.0. The zero-order valence-electron chi connectivity index (χ0n) is 13.8. The van der Waals surface area contributed by atoms with E-state index in [1.807, 2.05) is 36.4 Å². The molecule has 0 aliphatic heterocycles. The van der Waals surface area contributed by atoms with Gasteiger partial charge in [-0.05, 0) is 36.2 Å². The van der Waals surface area contributed by atoms with Gasteiger partial charge in [-0.15, -0.1) is 0 Å². The Kier molecular flexibility index (Phi) is 5.70. The van der Waals surface area contributed by atoms with Crippen LogP contribution in [0.2, 0.25) is 5.02 Å². The highest BCUT2D eigenvalue weighted by Gasteiger charge is 2.16. The molecular formula is C18H17ClN5O2-. The van der Waals surface area contributed by atoms with Crippen LogP contribution in [0.4, 0.5) is 10.6 Å². The largest absolute Gasteiger partial charge is 0.530 e. The van der Waals surface area contributed by atoms with E-state index in [2.05, 4.69) is 25.8 Å². The number of amides is 1. The number of carbonyl (C=O) groups is 1. The molecule has 0 radical (unpaired) electrons. The van der Waals surface area contributed by atoms with Crippen molar-refractivity contribution in [3.8, 4) is 22.4 Å². The van der Waals surface area contributed by atoms with Crippen molar-refractivity contribution in [3.05, 3.63) is 53.8 Å². The number of carboxylic acid groups (broad SMARTS) is 1. The monoisotopic (exact) mass is 370 g/mol. The molecule has 1 amide bonds. The third kappa shape index (κ3) is 4.31. The van der Waals surface area contributed by atoms with E-state index >= 15 is 0 Å². The van der Waals surface area contributed by atoms with E-state index in [1.165, 1.54) is 0 Å². The van der Waals surface area contributed by atoms with Crippen LogP contribution in [0.15, 0.2) is 48.8 Å². The van der Waals surface area contributed by atoms with Crippen molar-refractivity contribution in [2.24, 2.45) is 0 Å². The topological polar surface area (TPSA) is 106 Å². The summed E-state index contributed by atoms with van der Waals surface area (Å²) in [6.45, 7) is 0.873. The van der Waals surface area contributed by atoms with Gasteiger partial charge in [0.15, 0.2) is 5.82 Å². The summed E-state index contributed by atoms with van der Waals surface area (Å²) in [5, 5.41) is 24.0. The number of pyridine rings is 1. The smallest absolute Gasteiger partial charge is 0.156 e. The Balaban J connectivity index is 1.85. The molecule has 26 heavy (non-hydrogen) atoms. The highest BCUT2D eigenvalue weighted by atomic mass is 35.5. The molecule has 0 atom stereocenters. The van der Waals surface area contributed by atoms with Gasteiger partial charge in [0.2, 0.25) is 0 Å². The summed E-state index contributed by atoms with van der Waals surface area (Å²) in [7, 11) is 0. The molecule has 2 aromatic heterocycles. The van der Waals surface area contributed by atoms with Crippen molar-refractivity contribution in [2.75, 3.05) is 18.4 Å². The number of hydrogen-bond donors (Lipinski definition) is 3. The number of aromatic amines is 1. The Labute approximate surface area is 155 Å². The van der Waals surface area contributed by atoms with Crippen LogP contribution in [0.25, 0.3) is 22.4 Å². The number of carbonyl (C=O) groups excluding carboxylic acids is 1. The minimum absolute atomic E-state index is 0.314. The number of aromatic nitrogens is 3. The van der Waals surface area contributed by atoms with Crippen LogP contribution in [-0.2, 0) is 0 Å². The third-order valence-corrected chi connectivity index (χ3v) is 4.04. The maximum absolute atomic E-state index is 10.4. The summed E-state index contributed by atoms with van der Waals surface area (Å²) in [4.78, 5) is 14.4. The molecule has 8 heteroatoms. The second kappa shape index (κ2) is 8.35. The molecule has 0 unspecified atom stereocenters. The maximum Gasteiger partial charge on any atom is 0.156 e. The van der Waals surface area contributed by atoms with Crippen LogP contribution >= 0.6 is 11.6 Å². The number of nitrogens with one attached hydrogen (secondary N) is 3. The summed E-state index contributed by atoms with van der Waals surface area (Å²) >= 11 is 5.98. The molecule has 0 fully saturated rings. The Morgan fingerprint density at radius 1 is 1.08 bits per heavy atom. The molecule has 7 nitrogen and oxygen atoms in total. The zero-order chi connectivity index (χ0) is 18.4. The SMILES string of the molecule is O=C([O-])NCCCNc1n[nH]c(-c2ccc(Cl)cc2)c1-c1ccncc1. The Morgan fingerprint density at radius 2 is 1.81 bits per heavy atom. The van der Waals surface area contributed by atoms with Gasteiger partial charge < -0.3 is 20.5 Å². The molecule has 1 aromatic carbocycles. The second-order valence-electron chi connectivity index (χ2n) is 5.56. The maximum atomic E-state index is 10.4. The molecule has 0 saturated carbocycles. The van der Waals surface area contributed by atoms with Crippen molar-refractivity contribution >= 4 is 23.5 Å². The molecule has 0 aliphatic carbocycles. The number of rotatable bonds is 7. The first-order valence-electron chi connectivity index (χ1n) is 8.08. The summed E-state index contributed by atoms with van der Waals surface area (Å²) in [5.41, 5.74) is 3.71. The zero-order valence-corrected chi connectivity index (χ0v) is 14.6. The first kappa shape index (κ1) is 17.8. The molecule has 3 N–H and O–H groups in total. The van der Waals surface area contributed by atoms with E-state index in [0.717, 1.165) is 22.4 Å². The quantitative estimate of drug-likeness (QED) is 0.554. The predicted molar refractivity (Wildman–Crippen MR) is 98.8 cm³/mol. The lowest BCUT2D eigenvalue weighted by Crippen LogP contribution is -2.37. The minimum Gasteiger partial charge on any atom is -0.530 e. The summed E-state index contributed by atoms with van der Waals surface area (Å²) in [6.07, 6.45) is 2.78. The summed E-state index contributed by atoms with van der Waals surface area (Å²) in [6, 6.07) is 11.3. The van der Waals surface area contributed by atoms with E-state index in [1.54, 1.807) is 12.4 Å². The molecular weight excluding hydrogens is 354 g/mol. The van der Waals surface area contributed by atoms with Crippen molar-refractivity contribution < 1.29 is 9.90 Å². The predicted octanol–water partition coefficient (Wildman–Crippen LogP) is 2.53. The van der Waals surface area contributed by atoms with Gasteiger partial charge >= 0.3 is 0 Å². The molecule has 2 heterocycles. The van der Waals surface area contributed by atoms with Crippen LogP contribution < -0.4 is 15.7 Å². The fourth-order valence-electron chi connectivity index (χ4n) is 2.58. The van der Waals surface area contributed by atoms with Gasteiger partial charge in [-0.1, -0.05) is 23.7 Å². The van der Waals surface area contributed by atoms with Crippen molar-refractivity contribution in [1.82, 2.24) is 20.5 Å². The van der Waals surface area contributed by atoms with Gasteiger partial charge in [-0.3, -0.25) is 10.1 Å². The van der Waals surface area contributed by atoms with E-state index < -0.39 is 6.09 Å². The number of anilines is 1. The Morgan fingerprint density at radius 3 is 2.50 bits per heavy atom.